The van der Waals surface area contributed by atoms with Crippen molar-refractivity contribution in [3.05, 3.63) is 35.9 Å². The molecule has 19 heavy (non-hydrogen) atoms. The summed E-state index contributed by atoms with van der Waals surface area (Å²) in [5.74, 6) is 0.521. The van der Waals surface area contributed by atoms with Crippen molar-refractivity contribution < 1.29 is 9.46 Å². The van der Waals surface area contributed by atoms with Crippen molar-refractivity contribution in [3.63, 3.8) is 0 Å². The van der Waals surface area contributed by atoms with Gasteiger partial charge in [-0.05, 0) is 37.2 Å². The van der Waals surface area contributed by atoms with E-state index >= 15 is 0 Å². The molecule has 2 atom stereocenters. The molecule has 0 aliphatic heterocycles. The Bertz CT molecular complexity index is 389. The highest BCUT2D eigenvalue weighted by molar-refractivity contribution is 7.57. The van der Waals surface area contributed by atoms with E-state index in [2.05, 4.69) is 38.1 Å². The smallest absolute Gasteiger partial charge is 0.200 e. The topological polar surface area (TPSA) is 37.3 Å². The second-order valence-corrected chi connectivity index (χ2v) is 7.89. The molecule has 0 spiro atoms. The van der Waals surface area contributed by atoms with E-state index in [1.165, 1.54) is 5.56 Å². The van der Waals surface area contributed by atoms with Crippen LogP contribution in [0, 0.1) is 0 Å². The molecule has 0 aliphatic carbocycles. The van der Waals surface area contributed by atoms with E-state index in [1.807, 2.05) is 6.07 Å². The Morgan fingerprint density at radius 1 is 1.11 bits per heavy atom. The van der Waals surface area contributed by atoms with Gasteiger partial charge in [0.15, 0.2) is 0 Å². The van der Waals surface area contributed by atoms with Crippen LogP contribution in [0.25, 0.3) is 0 Å². The molecule has 0 bridgehead atoms. The monoisotopic (exact) mass is 282 g/mol. The lowest BCUT2D eigenvalue weighted by atomic mass is 9.92. The van der Waals surface area contributed by atoms with Crippen molar-refractivity contribution in [2.45, 2.75) is 51.9 Å². The highest BCUT2D eigenvalue weighted by atomic mass is 31.2. The fourth-order valence-corrected chi connectivity index (χ4v) is 4.14. The molecule has 2 unspecified atom stereocenters. The van der Waals surface area contributed by atoms with Gasteiger partial charge in [-0.25, -0.2) is 0 Å². The van der Waals surface area contributed by atoms with Crippen molar-refractivity contribution in [2.24, 2.45) is 0 Å². The Hall–Kier alpha value is -0.590. The molecule has 0 aromatic heterocycles. The molecule has 1 N–H and O–H groups in total. The summed E-state index contributed by atoms with van der Waals surface area (Å²) in [6.45, 7) is 4.25. The molecule has 1 aromatic carbocycles. The van der Waals surface area contributed by atoms with Crippen molar-refractivity contribution >= 4 is 7.37 Å². The van der Waals surface area contributed by atoms with E-state index in [-0.39, 0.29) is 0 Å². The molecule has 0 saturated carbocycles. The van der Waals surface area contributed by atoms with Crippen LogP contribution in [0.5, 0.6) is 0 Å². The van der Waals surface area contributed by atoms with Crippen LogP contribution in [0.1, 0.15) is 57.4 Å². The number of benzene rings is 1. The molecule has 3 heteroatoms. The van der Waals surface area contributed by atoms with Gasteiger partial charge in [-0.15, -0.1) is 0 Å². The Kier molecular flexibility index (Phi) is 7.41. The standard InChI is InChI=1S/C16H27O2P/c1-3-5-13-19(17,18)14-9-12-15(4-2)16-10-7-6-8-11-16/h6-8,10-11,15H,3-5,9,12-14H2,1-2H3,(H,17,18). The van der Waals surface area contributed by atoms with Gasteiger partial charge < -0.3 is 4.89 Å². The molecular weight excluding hydrogens is 255 g/mol. The first kappa shape index (κ1) is 16.5. The van der Waals surface area contributed by atoms with Crippen molar-refractivity contribution in [2.75, 3.05) is 12.3 Å². The summed E-state index contributed by atoms with van der Waals surface area (Å²) in [4.78, 5) is 9.86. The molecule has 0 fully saturated rings. The van der Waals surface area contributed by atoms with Gasteiger partial charge in [-0.3, -0.25) is 4.57 Å². The van der Waals surface area contributed by atoms with Crippen molar-refractivity contribution in [1.29, 1.82) is 0 Å². The van der Waals surface area contributed by atoms with E-state index in [4.69, 9.17) is 0 Å². The molecule has 0 amide bonds. The van der Waals surface area contributed by atoms with Gasteiger partial charge in [0.1, 0.15) is 0 Å². The van der Waals surface area contributed by atoms with Gasteiger partial charge >= 0.3 is 0 Å². The van der Waals surface area contributed by atoms with Gasteiger partial charge in [-0.2, -0.15) is 0 Å². The van der Waals surface area contributed by atoms with E-state index < -0.39 is 7.37 Å². The summed E-state index contributed by atoms with van der Waals surface area (Å²) in [6, 6.07) is 10.5. The predicted octanol–water partition coefficient (Wildman–Crippen LogP) is 5.03. The molecule has 1 aromatic rings. The Morgan fingerprint density at radius 3 is 2.32 bits per heavy atom. The number of rotatable bonds is 9. The molecule has 108 valence electrons. The van der Waals surface area contributed by atoms with Crippen LogP contribution in [0.2, 0.25) is 0 Å². The van der Waals surface area contributed by atoms with E-state index in [1.54, 1.807) is 0 Å². The molecule has 0 heterocycles. The quantitative estimate of drug-likeness (QED) is 0.645. The van der Waals surface area contributed by atoms with Crippen LogP contribution in [-0.4, -0.2) is 17.2 Å². The molecular formula is C16H27O2P. The fraction of sp³-hybridized carbons (Fsp3) is 0.625. The van der Waals surface area contributed by atoms with Crippen molar-refractivity contribution in [3.8, 4) is 0 Å². The van der Waals surface area contributed by atoms with Gasteiger partial charge in [0, 0.05) is 12.3 Å². The normalized spacial score (nSPS) is 15.9. The number of hydrogen-bond acceptors (Lipinski definition) is 1. The van der Waals surface area contributed by atoms with Crippen LogP contribution in [0.4, 0.5) is 0 Å². The maximum absolute atomic E-state index is 11.9. The zero-order valence-corrected chi connectivity index (χ0v) is 13.1. The van der Waals surface area contributed by atoms with Crippen LogP contribution >= 0.6 is 7.37 Å². The van der Waals surface area contributed by atoms with Crippen molar-refractivity contribution in [1.82, 2.24) is 0 Å². The summed E-state index contributed by atoms with van der Waals surface area (Å²) in [6.07, 6.45) is 5.79. The largest absolute Gasteiger partial charge is 0.344 e. The Morgan fingerprint density at radius 2 is 1.74 bits per heavy atom. The SMILES string of the molecule is CCCCP(=O)(O)CCCC(CC)c1ccccc1. The number of hydrogen-bond donors (Lipinski definition) is 1. The fourth-order valence-electron chi connectivity index (χ4n) is 2.43. The minimum atomic E-state index is -2.87. The summed E-state index contributed by atoms with van der Waals surface area (Å²) < 4.78 is 11.9. The van der Waals surface area contributed by atoms with Gasteiger partial charge in [0.05, 0.1) is 0 Å². The summed E-state index contributed by atoms with van der Waals surface area (Å²) in [7, 11) is -2.87. The van der Waals surface area contributed by atoms with Crippen LogP contribution in [-0.2, 0) is 4.57 Å². The third-order valence-electron chi connectivity index (χ3n) is 3.68. The average molecular weight is 282 g/mol. The third-order valence-corrected chi connectivity index (χ3v) is 5.72. The minimum Gasteiger partial charge on any atom is -0.344 e. The maximum Gasteiger partial charge on any atom is 0.200 e. The second-order valence-electron chi connectivity index (χ2n) is 5.31. The summed E-state index contributed by atoms with van der Waals surface area (Å²) >= 11 is 0. The van der Waals surface area contributed by atoms with E-state index in [0.29, 0.717) is 18.2 Å². The molecule has 0 saturated heterocycles. The van der Waals surface area contributed by atoms with Gasteiger partial charge in [0.2, 0.25) is 7.37 Å². The summed E-state index contributed by atoms with van der Waals surface area (Å²) in [5.41, 5.74) is 1.35. The van der Waals surface area contributed by atoms with Crippen LogP contribution < -0.4 is 0 Å². The third kappa shape index (κ3) is 6.40. The predicted molar refractivity (Wildman–Crippen MR) is 83.2 cm³/mol. The van der Waals surface area contributed by atoms with Gasteiger partial charge in [-0.1, -0.05) is 50.6 Å². The van der Waals surface area contributed by atoms with Crippen LogP contribution in [0.3, 0.4) is 0 Å². The molecule has 0 aliphatic rings. The Labute approximate surface area is 117 Å². The average Bonchev–Trinajstić information content (AvgIpc) is 2.42. The minimum absolute atomic E-state index is 0.482. The number of unbranched alkanes of at least 4 members (excludes halogenated alkanes) is 1. The highest BCUT2D eigenvalue weighted by Crippen LogP contribution is 2.43. The molecule has 0 radical (unpaired) electrons. The molecule has 1 rings (SSSR count). The highest BCUT2D eigenvalue weighted by Gasteiger charge is 2.18. The first-order chi connectivity index (χ1) is 9.09. The zero-order chi connectivity index (χ0) is 14.1. The lowest BCUT2D eigenvalue weighted by Gasteiger charge is -2.16. The molecule has 2 nitrogen and oxygen atoms in total. The van der Waals surface area contributed by atoms with E-state index in [9.17, 15) is 9.46 Å². The zero-order valence-electron chi connectivity index (χ0n) is 12.2. The lowest BCUT2D eigenvalue weighted by molar-refractivity contribution is 0.469. The van der Waals surface area contributed by atoms with E-state index in [0.717, 1.165) is 32.1 Å². The first-order valence-corrected chi connectivity index (χ1v) is 9.48. The first-order valence-electron chi connectivity index (χ1n) is 7.45. The maximum atomic E-state index is 11.9. The van der Waals surface area contributed by atoms with Crippen LogP contribution in [0.15, 0.2) is 30.3 Å². The Balaban J connectivity index is 2.40. The lowest BCUT2D eigenvalue weighted by Crippen LogP contribution is -2.01. The summed E-state index contributed by atoms with van der Waals surface area (Å²) in [5, 5.41) is 0. The second kappa shape index (κ2) is 8.55. The van der Waals surface area contributed by atoms with Gasteiger partial charge in [0.25, 0.3) is 0 Å².